The van der Waals surface area contributed by atoms with Gasteiger partial charge in [-0.15, -0.1) is 0 Å². The molecule has 6 heteroatoms. The molecule has 0 spiro atoms. The van der Waals surface area contributed by atoms with Crippen LogP contribution < -0.4 is 15.8 Å². The number of nitrogens with zero attached hydrogens (tertiary/aromatic N) is 3. The molecule has 1 fully saturated rings. The van der Waals surface area contributed by atoms with E-state index < -0.39 is 0 Å². The van der Waals surface area contributed by atoms with E-state index in [1.54, 1.807) is 4.57 Å². The van der Waals surface area contributed by atoms with Crippen LogP contribution in [0.2, 0.25) is 0 Å². The summed E-state index contributed by atoms with van der Waals surface area (Å²) in [6.45, 7) is 6.38. The fourth-order valence-electron chi connectivity index (χ4n) is 4.12. The van der Waals surface area contributed by atoms with E-state index in [0.717, 1.165) is 36.0 Å². The number of nitrogens with one attached hydrogen (secondary N) is 1. The number of amides is 1. The van der Waals surface area contributed by atoms with Crippen LogP contribution in [0.5, 0.6) is 0 Å². The summed E-state index contributed by atoms with van der Waals surface area (Å²) in [5.41, 5.74) is 3.85. The summed E-state index contributed by atoms with van der Waals surface area (Å²) >= 11 is 0. The maximum absolute atomic E-state index is 13.1. The van der Waals surface area contributed by atoms with E-state index in [9.17, 15) is 9.59 Å². The predicted molar refractivity (Wildman–Crippen MR) is 120 cm³/mol. The molecule has 6 nitrogen and oxygen atoms in total. The lowest BCUT2D eigenvalue weighted by Gasteiger charge is -2.32. The van der Waals surface area contributed by atoms with Gasteiger partial charge in [0.25, 0.3) is 5.56 Å². The van der Waals surface area contributed by atoms with E-state index in [1.165, 1.54) is 5.56 Å². The Morgan fingerprint density at radius 3 is 2.70 bits per heavy atom. The molecule has 1 N–H and O–H groups in total. The number of aromatic nitrogens is 2. The number of hydrogen-bond acceptors (Lipinski definition) is 4. The van der Waals surface area contributed by atoms with Gasteiger partial charge in [-0.05, 0) is 44.4 Å². The number of piperidine rings is 1. The quantitative estimate of drug-likeness (QED) is 0.709. The third kappa shape index (κ3) is 4.08. The van der Waals surface area contributed by atoms with Crippen molar-refractivity contribution in [1.82, 2.24) is 14.9 Å². The van der Waals surface area contributed by atoms with E-state index in [4.69, 9.17) is 0 Å². The molecule has 1 saturated heterocycles. The summed E-state index contributed by atoms with van der Waals surface area (Å²) in [6.07, 6.45) is 1.69. The summed E-state index contributed by atoms with van der Waals surface area (Å²) in [4.78, 5) is 32.5. The number of fused-ring (bicyclic) bond motifs is 1. The molecule has 1 atom stereocenters. The number of carbonyl (C=O) groups excluding carboxylic acids is 1. The zero-order chi connectivity index (χ0) is 21.1. The van der Waals surface area contributed by atoms with Crippen LogP contribution in [0.3, 0.4) is 0 Å². The van der Waals surface area contributed by atoms with Gasteiger partial charge in [0.2, 0.25) is 5.91 Å². The van der Waals surface area contributed by atoms with Crippen molar-refractivity contribution in [2.45, 2.75) is 39.8 Å². The Kier molecular flexibility index (Phi) is 5.84. The lowest BCUT2D eigenvalue weighted by Crippen LogP contribution is -2.45. The highest BCUT2D eigenvalue weighted by Crippen LogP contribution is 2.22. The normalized spacial score (nSPS) is 16.6. The van der Waals surface area contributed by atoms with Gasteiger partial charge in [-0.25, -0.2) is 4.98 Å². The van der Waals surface area contributed by atoms with Gasteiger partial charge < -0.3 is 14.8 Å². The van der Waals surface area contributed by atoms with Crippen molar-refractivity contribution in [3.05, 3.63) is 70.0 Å². The van der Waals surface area contributed by atoms with Crippen molar-refractivity contribution >= 4 is 22.8 Å². The standard InChI is InChI=1S/C24H28N4O2/c1-3-28-21-9-5-4-8-20(21)26-22(24(28)30)27-14-6-7-19(16-27)23(29)25-15-18-12-10-17(2)11-13-18/h4-5,8-13,19H,3,6-7,14-16H2,1-2H3,(H,25,29). The Morgan fingerprint density at radius 1 is 1.17 bits per heavy atom. The van der Waals surface area contributed by atoms with Crippen LogP contribution in [-0.2, 0) is 17.9 Å². The Hall–Kier alpha value is -3.15. The van der Waals surface area contributed by atoms with E-state index in [0.29, 0.717) is 25.5 Å². The highest BCUT2D eigenvalue weighted by molar-refractivity contribution is 5.80. The summed E-state index contributed by atoms with van der Waals surface area (Å²) in [6, 6.07) is 15.9. The molecule has 1 aromatic heterocycles. The minimum Gasteiger partial charge on any atom is -0.352 e. The maximum atomic E-state index is 13.1. The summed E-state index contributed by atoms with van der Waals surface area (Å²) < 4.78 is 1.76. The first kappa shape index (κ1) is 20.1. The number of carbonyl (C=O) groups is 1. The van der Waals surface area contributed by atoms with Crippen molar-refractivity contribution in [1.29, 1.82) is 0 Å². The second-order valence-corrected chi connectivity index (χ2v) is 7.96. The number of benzene rings is 2. The van der Waals surface area contributed by atoms with E-state index in [2.05, 4.69) is 10.3 Å². The Morgan fingerprint density at radius 2 is 1.93 bits per heavy atom. The lowest BCUT2D eigenvalue weighted by atomic mass is 9.97. The molecule has 1 unspecified atom stereocenters. The molecule has 0 aliphatic carbocycles. The van der Waals surface area contributed by atoms with Crippen LogP contribution in [-0.4, -0.2) is 28.5 Å². The van der Waals surface area contributed by atoms with Crippen LogP contribution in [0.1, 0.15) is 30.9 Å². The highest BCUT2D eigenvalue weighted by atomic mass is 16.2. The third-order valence-corrected chi connectivity index (χ3v) is 5.83. The minimum absolute atomic E-state index is 0.0388. The van der Waals surface area contributed by atoms with Crippen LogP contribution in [0.15, 0.2) is 53.3 Å². The van der Waals surface area contributed by atoms with Crippen LogP contribution >= 0.6 is 0 Å². The SMILES string of the molecule is CCn1c(=O)c(N2CCCC(C(=O)NCc3ccc(C)cc3)C2)nc2ccccc21. The van der Waals surface area contributed by atoms with Gasteiger partial charge in [0.05, 0.1) is 17.0 Å². The molecule has 2 heterocycles. The van der Waals surface area contributed by atoms with Gasteiger partial charge >= 0.3 is 0 Å². The second-order valence-electron chi connectivity index (χ2n) is 7.96. The number of rotatable bonds is 5. The van der Waals surface area contributed by atoms with E-state index in [-0.39, 0.29) is 17.4 Å². The summed E-state index contributed by atoms with van der Waals surface area (Å²) in [5, 5.41) is 3.06. The van der Waals surface area contributed by atoms with Gasteiger partial charge in [0, 0.05) is 26.2 Å². The molecule has 4 rings (SSSR count). The Balaban J connectivity index is 1.51. The zero-order valence-corrected chi connectivity index (χ0v) is 17.6. The molecule has 0 radical (unpaired) electrons. The van der Waals surface area contributed by atoms with Crippen LogP contribution in [0.4, 0.5) is 5.82 Å². The molecule has 1 aliphatic rings. The lowest BCUT2D eigenvalue weighted by molar-refractivity contribution is -0.125. The van der Waals surface area contributed by atoms with Gasteiger partial charge in [-0.1, -0.05) is 42.0 Å². The van der Waals surface area contributed by atoms with E-state index in [1.807, 2.05) is 67.3 Å². The molecule has 30 heavy (non-hydrogen) atoms. The van der Waals surface area contributed by atoms with Gasteiger partial charge in [-0.3, -0.25) is 9.59 Å². The average molecular weight is 405 g/mol. The van der Waals surface area contributed by atoms with Crippen molar-refractivity contribution in [2.24, 2.45) is 5.92 Å². The molecular formula is C24H28N4O2. The summed E-state index contributed by atoms with van der Waals surface area (Å²) in [5.74, 6) is 0.343. The van der Waals surface area contributed by atoms with Crippen LogP contribution in [0.25, 0.3) is 11.0 Å². The predicted octanol–water partition coefficient (Wildman–Crippen LogP) is 3.26. The number of aryl methyl sites for hydroxylation is 2. The topological polar surface area (TPSA) is 67.2 Å². The number of hydrogen-bond donors (Lipinski definition) is 1. The molecule has 0 bridgehead atoms. The Bertz CT molecular complexity index is 1100. The molecule has 1 amide bonds. The molecule has 1 aliphatic heterocycles. The van der Waals surface area contributed by atoms with Gasteiger partial charge in [0.15, 0.2) is 5.82 Å². The monoisotopic (exact) mass is 404 g/mol. The third-order valence-electron chi connectivity index (χ3n) is 5.83. The molecule has 156 valence electrons. The number of anilines is 1. The Labute approximate surface area is 176 Å². The molecule has 0 saturated carbocycles. The van der Waals surface area contributed by atoms with Gasteiger partial charge in [-0.2, -0.15) is 0 Å². The number of para-hydroxylation sites is 2. The first-order valence-electron chi connectivity index (χ1n) is 10.6. The smallest absolute Gasteiger partial charge is 0.293 e. The molecule has 2 aromatic carbocycles. The largest absolute Gasteiger partial charge is 0.352 e. The highest BCUT2D eigenvalue weighted by Gasteiger charge is 2.28. The molecule has 3 aromatic rings. The summed E-state index contributed by atoms with van der Waals surface area (Å²) in [7, 11) is 0. The van der Waals surface area contributed by atoms with Crippen molar-refractivity contribution in [3.63, 3.8) is 0 Å². The van der Waals surface area contributed by atoms with E-state index >= 15 is 0 Å². The van der Waals surface area contributed by atoms with Crippen molar-refractivity contribution in [2.75, 3.05) is 18.0 Å². The zero-order valence-electron chi connectivity index (χ0n) is 17.6. The fourth-order valence-corrected chi connectivity index (χ4v) is 4.12. The first-order valence-corrected chi connectivity index (χ1v) is 10.6. The van der Waals surface area contributed by atoms with Crippen LogP contribution in [0, 0.1) is 12.8 Å². The second kappa shape index (κ2) is 8.69. The maximum Gasteiger partial charge on any atom is 0.293 e. The minimum atomic E-state index is -0.146. The van der Waals surface area contributed by atoms with Gasteiger partial charge in [0.1, 0.15) is 0 Å². The van der Waals surface area contributed by atoms with Crippen molar-refractivity contribution < 1.29 is 4.79 Å². The van der Waals surface area contributed by atoms with Crippen molar-refractivity contribution in [3.8, 4) is 0 Å². The molecular weight excluding hydrogens is 376 g/mol. The fraction of sp³-hybridized carbons (Fsp3) is 0.375. The first-order chi connectivity index (χ1) is 14.6. The average Bonchev–Trinajstić information content (AvgIpc) is 2.78.